The van der Waals surface area contributed by atoms with Crippen molar-refractivity contribution in [3.63, 3.8) is 0 Å². The number of rotatable bonds is 6. The summed E-state index contributed by atoms with van der Waals surface area (Å²) in [5.74, 6) is -1.41. The molecule has 0 aromatic heterocycles. The van der Waals surface area contributed by atoms with Crippen LogP contribution in [0.2, 0.25) is 0 Å². The Balaban J connectivity index is 2.08. The number of methoxy groups -OCH3 is 1. The molecule has 26 heavy (non-hydrogen) atoms. The number of nitrogens with one attached hydrogen (secondary N) is 1. The van der Waals surface area contributed by atoms with Crippen molar-refractivity contribution in [2.75, 3.05) is 20.2 Å². The van der Waals surface area contributed by atoms with Gasteiger partial charge in [0.25, 0.3) is 5.91 Å². The normalized spacial score (nSPS) is 16.2. The van der Waals surface area contributed by atoms with Crippen LogP contribution < -0.4 is 10.1 Å². The maximum atomic E-state index is 12.9. The van der Waals surface area contributed by atoms with Crippen molar-refractivity contribution in [1.82, 2.24) is 10.2 Å². The van der Waals surface area contributed by atoms with E-state index in [1.165, 1.54) is 7.11 Å². The minimum absolute atomic E-state index is 0.0987. The van der Waals surface area contributed by atoms with E-state index in [1.807, 2.05) is 13.8 Å². The first-order chi connectivity index (χ1) is 12.3. The van der Waals surface area contributed by atoms with Gasteiger partial charge in [0.2, 0.25) is 5.91 Å². The number of hydrogen-bond donors (Lipinski definition) is 2. The number of carboxylic acid groups (broad SMARTS) is 1. The zero-order valence-electron chi connectivity index (χ0n) is 15.4. The maximum absolute atomic E-state index is 12.9. The SMILES string of the molecule is COc1ccccc1C(=O)NC(C(=O)N1CCC(C(=O)O)CC1)C(C)C. The highest BCUT2D eigenvalue weighted by Crippen LogP contribution is 2.21. The molecule has 1 saturated heterocycles. The van der Waals surface area contributed by atoms with Gasteiger partial charge in [-0.25, -0.2) is 0 Å². The quantitative estimate of drug-likeness (QED) is 0.804. The molecular weight excluding hydrogens is 336 g/mol. The van der Waals surface area contributed by atoms with Gasteiger partial charge >= 0.3 is 5.97 Å². The van der Waals surface area contributed by atoms with E-state index in [0.717, 1.165) is 0 Å². The lowest BCUT2D eigenvalue weighted by atomic mass is 9.95. The molecule has 2 rings (SSSR count). The summed E-state index contributed by atoms with van der Waals surface area (Å²) >= 11 is 0. The molecular formula is C19H26N2O5. The Kier molecular flexibility index (Phi) is 6.60. The van der Waals surface area contributed by atoms with Crippen LogP contribution in [0.1, 0.15) is 37.0 Å². The second-order valence-electron chi connectivity index (χ2n) is 6.83. The summed E-state index contributed by atoms with van der Waals surface area (Å²) < 4.78 is 5.21. The molecule has 0 radical (unpaired) electrons. The van der Waals surface area contributed by atoms with Gasteiger partial charge in [0, 0.05) is 13.1 Å². The summed E-state index contributed by atoms with van der Waals surface area (Å²) in [5.41, 5.74) is 0.373. The smallest absolute Gasteiger partial charge is 0.306 e. The molecule has 7 nitrogen and oxygen atoms in total. The van der Waals surface area contributed by atoms with Gasteiger partial charge in [0.15, 0.2) is 0 Å². The molecule has 0 spiro atoms. The number of nitrogens with zero attached hydrogens (tertiary/aromatic N) is 1. The van der Waals surface area contributed by atoms with Crippen molar-refractivity contribution in [2.24, 2.45) is 11.8 Å². The Hall–Kier alpha value is -2.57. The lowest BCUT2D eigenvalue weighted by molar-refractivity contribution is -0.146. The highest BCUT2D eigenvalue weighted by molar-refractivity contribution is 5.99. The summed E-state index contributed by atoms with van der Waals surface area (Å²) in [6.45, 7) is 4.53. The van der Waals surface area contributed by atoms with Gasteiger partial charge in [0.1, 0.15) is 11.8 Å². The van der Waals surface area contributed by atoms with Crippen molar-refractivity contribution in [2.45, 2.75) is 32.7 Å². The predicted octanol–water partition coefficient (Wildman–Crippen LogP) is 1.77. The van der Waals surface area contributed by atoms with Crippen molar-refractivity contribution >= 4 is 17.8 Å². The third-order valence-electron chi connectivity index (χ3n) is 4.73. The molecule has 1 heterocycles. The molecule has 1 aliphatic heterocycles. The third-order valence-corrected chi connectivity index (χ3v) is 4.73. The van der Waals surface area contributed by atoms with Gasteiger partial charge < -0.3 is 20.1 Å². The lowest BCUT2D eigenvalue weighted by Crippen LogP contribution is -2.53. The summed E-state index contributed by atoms with van der Waals surface area (Å²) in [5, 5.41) is 11.9. The number of carbonyl (C=O) groups excluding carboxylic acids is 2. The highest BCUT2D eigenvalue weighted by Gasteiger charge is 2.33. The molecule has 1 fully saturated rings. The zero-order valence-corrected chi connectivity index (χ0v) is 15.4. The minimum Gasteiger partial charge on any atom is -0.496 e. The summed E-state index contributed by atoms with van der Waals surface area (Å²) in [7, 11) is 1.49. The van der Waals surface area contributed by atoms with E-state index in [-0.39, 0.29) is 17.7 Å². The van der Waals surface area contributed by atoms with E-state index in [0.29, 0.717) is 37.2 Å². The molecule has 7 heteroatoms. The molecule has 1 aromatic rings. The number of hydrogen-bond acceptors (Lipinski definition) is 4. The number of ether oxygens (including phenoxy) is 1. The van der Waals surface area contributed by atoms with Crippen molar-refractivity contribution < 1.29 is 24.2 Å². The molecule has 0 saturated carbocycles. The zero-order chi connectivity index (χ0) is 19.3. The number of aliphatic carboxylic acids is 1. The van der Waals surface area contributed by atoms with Gasteiger partial charge in [0.05, 0.1) is 18.6 Å². The van der Waals surface area contributed by atoms with E-state index in [9.17, 15) is 14.4 Å². The van der Waals surface area contributed by atoms with Crippen LogP contribution in [0.25, 0.3) is 0 Å². The number of para-hydroxylation sites is 1. The van der Waals surface area contributed by atoms with Gasteiger partial charge in [-0.15, -0.1) is 0 Å². The molecule has 0 bridgehead atoms. The van der Waals surface area contributed by atoms with Crippen LogP contribution >= 0.6 is 0 Å². The topological polar surface area (TPSA) is 95.9 Å². The Morgan fingerprint density at radius 1 is 1.19 bits per heavy atom. The average Bonchev–Trinajstić information content (AvgIpc) is 2.65. The Morgan fingerprint density at radius 2 is 1.81 bits per heavy atom. The van der Waals surface area contributed by atoms with Crippen LogP contribution in [0.3, 0.4) is 0 Å². The fraction of sp³-hybridized carbons (Fsp3) is 0.526. The number of benzene rings is 1. The first kappa shape index (κ1) is 19.8. The van der Waals surface area contributed by atoms with Gasteiger partial charge in [-0.1, -0.05) is 26.0 Å². The second kappa shape index (κ2) is 8.69. The van der Waals surface area contributed by atoms with Crippen LogP contribution in [-0.2, 0) is 9.59 Å². The number of carbonyl (C=O) groups is 3. The third kappa shape index (κ3) is 4.53. The highest BCUT2D eigenvalue weighted by atomic mass is 16.5. The molecule has 142 valence electrons. The Labute approximate surface area is 153 Å². The van der Waals surface area contributed by atoms with Gasteiger partial charge in [-0.3, -0.25) is 14.4 Å². The van der Waals surface area contributed by atoms with Crippen molar-refractivity contribution in [3.05, 3.63) is 29.8 Å². The molecule has 1 aliphatic rings. The number of likely N-dealkylation sites (tertiary alicyclic amines) is 1. The monoisotopic (exact) mass is 362 g/mol. The van der Waals surface area contributed by atoms with Crippen LogP contribution in [0, 0.1) is 11.8 Å². The molecule has 1 atom stereocenters. The summed E-state index contributed by atoms with van der Waals surface area (Å²) in [4.78, 5) is 38.2. The molecule has 2 amide bonds. The molecule has 0 aliphatic carbocycles. The van der Waals surface area contributed by atoms with Gasteiger partial charge in [-0.05, 0) is 30.9 Å². The van der Waals surface area contributed by atoms with E-state index >= 15 is 0 Å². The Morgan fingerprint density at radius 3 is 2.35 bits per heavy atom. The second-order valence-corrected chi connectivity index (χ2v) is 6.83. The number of piperidine rings is 1. The predicted molar refractivity (Wildman–Crippen MR) is 96.0 cm³/mol. The van der Waals surface area contributed by atoms with E-state index < -0.39 is 17.9 Å². The average molecular weight is 362 g/mol. The first-order valence-electron chi connectivity index (χ1n) is 8.80. The van der Waals surface area contributed by atoms with Crippen LogP contribution in [0.5, 0.6) is 5.75 Å². The molecule has 1 unspecified atom stereocenters. The van der Waals surface area contributed by atoms with E-state index in [2.05, 4.69) is 5.32 Å². The van der Waals surface area contributed by atoms with Crippen LogP contribution in [-0.4, -0.2) is 54.0 Å². The standard InChI is InChI=1S/C19H26N2O5/c1-12(2)16(18(23)21-10-8-13(9-11-21)19(24)25)20-17(22)14-6-4-5-7-15(14)26-3/h4-7,12-13,16H,8-11H2,1-3H3,(H,20,22)(H,24,25). The van der Waals surface area contributed by atoms with Gasteiger partial charge in [-0.2, -0.15) is 0 Å². The largest absolute Gasteiger partial charge is 0.496 e. The van der Waals surface area contributed by atoms with Crippen molar-refractivity contribution in [1.29, 1.82) is 0 Å². The van der Waals surface area contributed by atoms with Crippen molar-refractivity contribution in [3.8, 4) is 5.75 Å². The first-order valence-corrected chi connectivity index (χ1v) is 8.80. The molecule has 2 N–H and O–H groups in total. The number of amides is 2. The Bertz CT molecular complexity index is 666. The van der Waals surface area contributed by atoms with Crippen LogP contribution in [0.15, 0.2) is 24.3 Å². The van der Waals surface area contributed by atoms with E-state index in [1.54, 1.807) is 29.2 Å². The fourth-order valence-corrected chi connectivity index (χ4v) is 3.11. The number of carboxylic acids is 1. The van der Waals surface area contributed by atoms with E-state index in [4.69, 9.17) is 9.84 Å². The summed E-state index contributed by atoms with van der Waals surface area (Å²) in [6.07, 6.45) is 0.874. The minimum atomic E-state index is -0.818. The molecule has 1 aromatic carbocycles. The summed E-state index contributed by atoms with van der Waals surface area (Å²) in [6, 6.07) is 6.17. The maximum Gasteiger partial charge on any atom is 0.306 e. The fourth-order valence-electron chi connectivity index (χ4n) is 3.11. The van der Waals surface area contributed by atoms with Crippen LogP contribution in [0.4, 0.5) is 0 Å². The lowest BCUT2D eigenvalue weighted by Gasteiger charge is -2.34.